The largest absolute Gasteiger partial charge is 0.375 e. The van der Waals surface area contributed by atoms with Gasteiger partial charge in [-0.3, -0.25) is 4.79 Å². The third kappa shape index (κ3) is 5.57. The lowest BCUT2D eigenvalue weighted by Crippen LogP contribution is -2.56. The number of amides is 1. The molecular formula is C14H29Cl2N3O2. The third-order valence-corrected chi connectivity index (χ3v) is 4.29. The Hall–Kier alpha value is -0.0700. The average Bonchev–Trinajstić information content (AvgIpc) is 2.87. The number of carbonyl (C=O) groups is 1. The van der Waals surface area contributed by atoms with Crippen LogP contribution in [0.5, 0.6) is 0 Å². The van der Waals surface area contributed by atoms with Crippen molar-refractivity contribution in [3.05, 3.63) is 0 Å². The maximum Gasteiger partial charge on any atom is 0.242 e. The van der Waals surface area contributed by atoms with Gasteiger partial charge in [-0.2, -0.15) is 0 Å². The van der Waals surface area contributed by atoms with E-state index in [1.165, 1.54) is 0 Å². The normalized spacial score (nSPS) is 29.0. The van der Waals surface area contributed by atoms with Crippen molar-refractivity contribution in [3.63, 3.8) is 0 Å². The maximum absolute atomic E-state index is 12.5. The summed E-state index contributed by atoms with van der Waals surface area (Å²) in [4.78, 5) is 16.8. The van der Waals surface area contributed by atoms with Gasteiger partial charge in [-0.1, -0.05) is 6.92 Å². The molecule has 0 aromatic carbocycles. The molecule has 2 fully saturated rings. The van der Waals surface area contributed by atoms with Crippen molar-refractivity contribution in [2.24, 2.45) is 5.92 Å². The van der Waals surface area contributed by atoms with Crippen molar-refractivity contribution >= 4 is 30.7 Å². The van der Waals surface area contributed by atoms with E-state index in [1.54, 1.807) is 0 Å². The van der Waals surface area contributed by atoms with Crippen LogP contribution < -0.4 is 5.32 Å². The standard InChI is InChI=1S/C14H27N3O2.2ClH/c1-4-16(3)9-12-5-7-17(10-12)14(18)13-11(2)19-8-6-15-13;;/h11-13,15H,4-10H2,1-3H3;2*1H/t11-,12?,13+;;/m1../s1. The molecule has 2 heterocycles. The number of morpholine rings is 1. The molecule has 1 unspecified atom stereocenters. The first-order valence-corrected chi connectivity index (χ1v) is 7.44. The number of rotatable bonds is 4. The SMILES string of the molecule is CCN(C)CC1CCN(C(=O)[C@H]2NCCO[C@@H]2C)C1.Cl.Cl. The Balaban J connectivity index is 0.00000200. The highest BCUT2D eigenvalue weighted by atomic mass is 35.5. The minimum atomic E-state index is -0.156. The highest BCUT2D eigenvalue weighted by Crippen LogP contribution is 2.19. The van der Waals surface area contributed by atoms with E-state index in [2.05, 4.69) is 24.2 Å². The van der Waals surface area contributed by atoms with Gasteiger partial charge in [0.1, 0.15) is 6.04 Å². The first-order valence-electron chi connectivity index (χ1n) is 7.44. The molecule has 1 N–H and O–H groups in total. The van der Waals surface area contributed by atoms with E-state index in [4.69, 9.17) is 4.74 Å². The van der Waals surface area contributed by atoms with E-state index in [9.17, 15) is 4.79 Å². The first-order chi connectivity index (χ1) is 9.11. The van der Waals surface area contributed by atoms with E-state index in [1.807, 2.05) is 11.8 Å². The second-order valence-electron chi connectivity index (χ2n) is 5.80. The van der Waals surface area contributed by atoms with Crippen LogP contribution in [-0.4, -0.2) is 74.2 Å². The zero-order valence-corrected chi connectivity index (χ0v) is 14.8. The summed E-state index contributed by atoms with van der Waals surface area (Å²) in [6.07, 6.45) is 1.11. The number of hydrogen-bond acceptors (Lipinski definition) is 4. The predicted octanol–water partition coefficient (Wildman–Crippen LogP) is 1.01. The molecule has 2 saturated heterocycles. The Morgan fingerprint density at radius 3 is 2.76 bits per heavy atom. The zero-order chi connectivity index (χ0) is 13.8. The van der Waals surface area contributed by atoms with Gasteiger partial charge in [-0.25, -0.2) is 0 Å². The first kappa shape index (κ1) is 20.9. The maximum atomic E-state index is 12.5. The molecule has 0 aliphatic carbocycles. The minimum Gasteiger partial charge on any atom is -0.375 e. The Morgan fingerprint density at radius 1 is 1.43 bits per heavy atom. The molecule has 0 saturated carbocycles. The van der Waals surface area contributed by atoms with Crippen LogP contribution in [0, 0.1) is 5.92 Å². The molecule has 2 aliphatic heterocycles. The van der Waals surface area contributed by atoms with Crippen LogP contribution in [0.2, 0.25) is 0 Å². The van der Waals surface area contributed by atoms with Crippen LogP contribution in [0.15, 0.2) is 0 Å². The molecule has 2 aliphatic rings. The van der Waals surface area contributed by atoms with Crippen molar-refractivity contribution in [3.8, 4) is 0 Å². The quantitative estimate of drug-likeness (QED) is 0.828. The van der Waals surface area contributed by atoms with Gasteiger partial charge >= 0.3 is 0 Å². The second kappa shape index (κ2) is 9.85. The predicted molar refractivity (Wildman–Crippen MR) is 89.6 cm³/mol. The summed E-state index contributed by atoms with van der Waals surface area (Å²) in [5.41, 5.74) is 0. The van der Waals surface area contributed by atoms with Gasteiger partial charge in [-0.05, 0) is 32.9 Å². The molecule has 0 radical (unpaired) electrons. The van der Waals surface area contributed by atoms with Gasteiger partial charge in [0.2, 0.25) is 5.91 Å². The number of likely N-dealkylation sites (tertiary alicyclic amines) is 1. The second-order valence-corrected chi connectivity index (χ2v) is 5.80. The summed E-state index contributed by atoms with van der Waals surface area (Å²) in [5, 5.41) is 3.29. The van der Waals surface area contributed by atoms with Gasteiger partial charge in [0, 0.05) is 26.2 Å². The van der Waals surface area contributed by atoms with E-state index in [0.717, 1.165) is 39.1 Å². The van der Waals surface area contributed by atoms with Gasteiger partial charge in [0.25, 0.3) is 0 Å². The number of halogens is 2. The Kier molecular flexibility index (Phi) is 9.81. The molecule has 0 aromatic heterocycles. The van der Waals surface area contributed by atoms with Gasteiger partial charge in [-0.15, -0.1) is 24.8 Å². The lowest BCUT2D eigenvalue weighted by molar-refractivity contribution is -0.138. The fourth-order valence-corrected chi connectivity index (χ4v) is 2.96. The number of nitrogens with one attached hydrogen (secondary N) is 1. The molecule has 0 bridgehead atoms. The number of nitrogens with zero attached hydrogens (tertiary/aromatic N) is 2. The Labute approximate surface area is 140 Å². The molecule has 2 rings (SSSR count). The van der Waals surface area contributed by atoms with Crippen molar-refractivity contribution in [1.82, 2.24) is 15.1 Å². The van der Waals surface area contributed by atoms with Gasteiger partial charge in [0.05, 0.1) is 12.7 Å². The van der Waals surface area contributed by atoms with Crippen molar-refractivity contribution in [2.45, 2.75) is 32.4 Å². The van der Waals surface area contributed by atoms with Crippen LogP contribution in [0.25, 0.3) is 0 Å². The van der Waals surface area contributed by atoms with Crippen LogP contribution in [0.4, 0.5) is 0 Å². The summed E-state index contributed by atoms with van der Waals surface area (Å²) < 4.78 is 5.56. The van der Waals surface area contributed by atoms with E-state index in [-0.39, 0.29) is 42.9 Å². The summed E-state index contributed by atoms with van der Waals surface area (Å²) in [5.74, 6) is 0.836. The van der Waals surface area contributed by atoms with Crippen LogP contribution in [0.3, 0.4) is 0 Å². The molecule has 3 atom stereocenters. The van der Waals surface area contributed by atoms with E-state index < -0.39 is 0 Å². The monoisotopic (exact) mass is 341 g/mol. The van der Waals surface area contributed by atoms with E-state index >= 15 is 0 Å². The Morgan fingerprint density at radius 2 is 2.14 bits per heavy atom. The number of ether oxygens (including phenoxy) is 1. The van der Waals surface area contributed by atoms with Crippen molar-refractivity contribution in [2.75, 3.05) is 46.4 Å². The smallest absolute Gasteiger partial charge is 0.242 e. The minimum absolute atomic E-state index is 0. The molecule has 1 amide bonds. The highest BCUT2D eigenvalue weighted by Gasteiger charge is 2.35. The summed E-state index contributed by atoms with van der Waals surface area (Å²) in [7, 11) is 2.14. The average molecular weight is 342 g/mol. The molecule has 126 valence electrons. The van der Waals surface area contributed by atoms with Crippen molar-refractivity contribution in [1.29, 1.82) is 0 Å². The highest BCUT2D eigenvalue weighted by molar-refractivity contribution is 5.85. The molecular weight excluding hydrogens is 313 g/mol. The summed E-state index contributed by atoms with van der Waals surface area (Å²) in [6, 6.07) is -0.156. The van der Waals surface area contributed by atoms with Crippen LogP contribution in [0.1, 0.15) is 20.3 Å². The molecule has 7 heteroatoms. The zero-order valence-electron chi connectivity index (χ0n) is 13.2. The van der Waals surface area contributed by atoms with E-state index in [0.29, 0.717) is 12.5 Å². The lowest BCUT2D eigenvalue weighted by Gasteiger charge is -2.32. The summed E-state index contributed by atoms with van der Waals surface area (Å²) in [6.45, 7) is 9.57. The molecule has 0 aromatic rings. The van der Waals surface area contributed by atoms with Gasteiger partial charge < -0.3 is 19.9 Å². The fourth-order valence-electron chi connectivity index (χ4n) is 2.96. The number of carbonyl (C=O) groups excluding carboxylic acids is 1. The van der Waals surface area contributed by atoms with Crippen LogP contribution >= 0.6 is 24.8 Å². The molecule has 21 heavy (non-hydrogen) atoms. The fraction of sp³-hybridized carbons (Fsp3) is 0.929. The number of hydrogen-bond donors (Lipinski definition) is 1. The van der Waals surface area contributed by atoms with Gasteiger partial charge in [0.15, 0.2) is 0 Å². The molecule has 5 nitrogen and oxygen atoms in total. The Bertz CT molecular complexity index is 321. The lowest BCUT2D eigenvalue weighted by atomic mass is 10.1. The topological polar surface area (TPSA) is 44.8 Å². The van der Waals surface area contributed by atoms with Crippen molar-refractivity contribution < 1.29 is 9.53 Å². The van der Waals surface area contributed by atoms with Crippen LogP contribution in [-0.2, 0) is 9.53 Å². The molecule has 0 spiro atoms. The third-order valence-electron chi connectivity index (χ3n) is 4.29. The summed E-state index contributed by atoms with van der Waals surface area (Å²) >= 11 is 0.